The second-order valence-electron chi connectivity index (χ2n) is 6.66. The largest absolute Gasteiger partial charge is 0.457 e. The van der Waals surface area contributed by atoms with Gasteiger partial charge in [0.25, 0.3) is 5.91 Å². The van der Waals surface area contributed by atoms with Crippen LogP contribution in [0.25, 0.3) is 11.1 Å². The molecule has 1 aromatic heterocycles. The van der Waals surface area contributed by atoms with Crippen molar-refractivity contribution in [2.75, 3.05) is 26.3 Å². The Hall–Kier alpha value is -3.38. The molecule has 1 saturated heterocycles. The number of carbonyl (C=O) groups excluding carboxylic acids is 2. The van der Waals surface area contributed by atoms with Crippen LogP contribution in [0.1, 0.15) is 22.2 Å². The second-order valence-corrected chi connectivity index (χ2v) is 6.66. The summed E-state index contributed by atoms with van der Waals surface area (Å²) in [6.45, 7) is 1.88. The van der Waals surface area contributed by atoms with Gasteiger partial charge < -0.3 is 18.8 Å². The van der Waals surface area contributed by atoms with Gasteiger partial charge in [-0.3, -0.25) is 4.79 Å². The molecule has 29 heavy (non-hydrogen) atoms. The standard InChI is InChI=1S/C23H21NO5/c25-22(24-12-15-27-16-13-24)20(18-9-5-2-6-10-18)29-23(26)21-19(11-14-28-21)17-7-3-1-4-8-17/h1-11,14,20H,12-13,15-16H2. The summed E-state index contributed by atoms with van der Waals surface area (Å²) in [6, 6.07) is 20.2. The summed E-state index contributed by atoms with van der Waals surface area (Å²) in [6.07, 6.45) is 0.399. The predicted octanol–water partition coefficient (Wildman–Crippen LogP) is 3.70. The third-order valence-electron chi connectivity index (χ3n) is 4.81. The quantitative estimate of drug-likeness (QED) is 0.621. The zero-order valence-corrected chi connectivity index (χ0v) is 15.8. The maximum atomic E-state index is 13.1. The van der Waals surface area contributed by atoms with Crippen molar-refractivity contribution < 1.29 is 23.5 Å². The highest BCUT2D eigenvalue weighted by Crippen LogP contribution is 2.28. The predicted molar refractivity (Wildman–Crippen MR) is 106 cm³/mol. The van der Waals surface area contributed by atoms with Crippen molar-refractivity contribution >= 4 is 11.9 Å². The zero-order chi connectivity index (χ0) is 20.1. The van der Waals surface area contributed by atoms with Gasteiger partial charge >= 0.3 is 5.97 Å². The molecule has 2 heterocycles. The lowest BCUT2D eigenvalue weighted by Gasteiger charge is -2.30. The SMILES string of the molecule is O=C(OC(C(=O)N1CCOCC1)c1ccccc1)c1occc1-c1ccccc1. The Morgan fingerprint density at radius 2 is 1.55 bits per heavy atom. The van der Waals surface area contributed by atoms with Crippen LogP contribution in [0.2, 0.25) is 0 Å². The maximum absolute atomic E-state index is 13.1. The number of morpholine rings is 1. The van der Waals surface area contributed by atoms with Gasteiger partial charge in [0, 0.05) is 24.2 Å². The molecule has 3 aromatic rings. The van der Waals surface area contributed by atoms with E-state index in [9.17, 15) is 9.59 Å². The van der Waals surface area contributed by atoms with Crippen LogP contribution in [0.15, 0.2) is 77.4 Å². The molecule has 1 aliphatic heterocycles. The fraction of sp³-hybridized carbons (Fsp3) is 0.217. The average Bonchev–Trinajstić information content (AvgIpc) is 3.29. The fourth-order valence-electron chi connectivity index (χ4n) is 3.31. The van der Waals surface area contributed by atoms with Crippen molar-refractivity contribution in [2.45, 2.75) is 6.10 Å². The lowest BCUT2D eigenvalue weighted by atomic mass is 10.1. The summed E-state index contributed by atoms with van der Waals surface area (Å²) in [5, 5.41) is 0. The van der Waals surface area contributed by atoms with Crippen LogP contribution >= 0.6 is 0 Å². The van der Waals surface area contributed by atoms with Gasteiger partial charge in [0.05, 0.1) is 19.5 Å². The number of hydrogen-bond donors (Lipinski definition) is 0. The maximum Gasteiger partial charge on any atom is 0.376 e. The molecule has 6 nitrogen and oxygen atoms in total. The smallest absolute Gasteiger partial charge is 0.376 e. The van der Waals surface area contributed by atoms with Crippen molar-refractivity contribution in [2.24, 2.45) is 0 Å². The normalized spacial score (nSPS) is 15.0. The molecule has 0 aliphatic carbocycles. The van der Waals surface area contributed by atoms with Crippen LogP contribution in [0, 0.1) is 0 Å². The van der Waals surface area contributed by atoms with E-state index in [1.807, 2.05) is 48.5 Å². The minimum Gasteiger partial charge on any atom is -0.457 e. The first-order valence-corrected chi connectivity index (χ1v) is 9.49. The molecule has 0 spiro atoms. The van der Waals surface area contributed by atoms with E-state index in [2.05, 4.69) is 0 Å². The molecule has 1 unspecified atom stereocenters. The first kappa shape index (κ1) is 19.0. The van der Waals surface area contributed by atoms with E-state index in [-0.39, 0.29) is 11.7 Å². The van der Waals surface area contributed by atoms with E-state index in [1.54, 1.807) is 23.1 Å². The van der Waals surface area contributed by atoms with Gasteiger partial charge in [-0.1, -0.05) is 60.7 Å². The zero-order valence-electron chi connectivity index (χ0n) is 15.8. The number of rotatable bonds is 5. The minimum atomic E-state index is -1.05. The molecule has 0 saturated carbocycles. The van der Waals surface area contributed by atoms with E-state index in [0.29, 0.717) is 37.4 Å². The van der Waals surface area contributed by atoms with Crippen LogP contribution in [0.5, 0.6) is 0 Å². The lowest BCUT2D eigenvalue weighted by molar-refractivity contribution is -0.145. The van der Waals surface area contributed by atoms with Gasteiger partial charge in [-0.25, -0.2) is 4.79 Å². The summed E-state index contributed by atoms with van der Waals surface area (Å²) < 4.78 is 16.4. The number of amides is 1. The first-order chi connectivity index (χ1) is 14.2. The summed E-state index contributed by atoms with van der Waals surface area (Å²) >= 11 is 0. The number of esters is 1. The van der Waals surface area contributed by atoms with Crippen LogP contribution in [-0.2, 0) is 14.3 Å². The van der Waals surface area contributed by atoms with Gasteiger partial charge in [0.1, 0.15) is 0 Å². The molecular weight excluding hydrogens is 370 g/mol. The summed E-state index contributed by atoms with van der Waals surface area (Å²) in [4.78, 5) is 27.7. The highest BCUT2D eigenvalue weighted by atomic mass is 16.6. The topological polar surface area (TPSA) is 69.0 Å². The van der Waals surface area contributed by atoms with Gasteiger partial charge in [-0.2, -0.15) is 0 Å². The molecule has 6 heteroatoms. The fourth-order valence-corrected chi connectivity index (χ4v) is 3.31. The van der Waals surface area contributed by atoms with Gasteiger partial charge in [0.2, 0.25) is 11.9 Å². The van der Waals surface area contributed by atoms with Gasteiger partial charge in [0.15, 0.2) is 0 Å². The Balaban J connectivity index is 1.61. The van der Waals surface area contributed by atoms with Gasteiger partial charge in [-0.05, 0) is 11.6 Å². The number of carbonyl (C=O) groups is 2. The molecule has 1 aliphatic rings. The number of hydrogen-bond acceptors (Lipinski definition) is 5. The Morgan fingerprint density at radius 3 is 2.24 bits per heavy atom. The van der Waals surface area contributed by atoms with E-state index in [0.717, 1.165) is 5.56 Å². The van der Waals surface area contributed by atoms with E-state index < -0.39 is 12.1 Å². The number of nitrogens with zero attached hydrogens (tertiary/aromatic N) is 1. The molecule has 148 valence electrons. The van der Waals surface area contributed by atoms with E-state index in [1.165, 1.54) is 6.26 Å². The molecule has 1 amide bonds. The molecular formula is C23H21NO5. The average molecular weight is 391 g/mol. The molecule has 1 fully saturated rings. The molecule has 2 aromatic carbocycles. The second kappa shape index (κ2) is 8.75. The highest BCUT2D eigenvalue weighted by molar-refractivity contribution is 5.96. The van der Waals surface area contributed by atoms with Crippen LogP contribution in [0.4, 0.5) is 0 Å². The van der Waals surface area contributed by atoms with Crippen molar-refractivity contribution in [3.8, 4) is 11.1 Å². The Morgan fingerprint density at radius 1 is 0.897 bits per heavy atom. The molecule has 0 bridgehead atoms. The van der Waals surface area contributed by atoms with E-state index in [4.69, 9.17) is 13.9 Å². The third kappa shape index (κ3) is 4.22. The molecule has 0 N–H and O–H groups in total. The number of furan rings is 1. The van der Waals surface area contributed by atoms with Crippen molar-refractivity contribution in [3.63, 3.8) is 0 Å². The summed E-state index contributed by atoms with van der Waals surface area (Å²) in [5.74, 6) is -0.864. The monoisotopic (exact) mass is 391 g/mol. The highest BCUT2D eigenvalue weighted by Gasteiger charge is 2.32. The van der Waals surface area contributed by atoms with Gasteiger partial charge in [-0.15, -0.1) is 0 Å². The Labute approximate surface area is 168 Å². The van der Waals surface area contributed by atoms with Crippen molar-refractivity contribution in [1.82, 2.24) is 4.90 Å². The van der Waals surface area contributed by atoms with Crippen LogP contribution < -0.4 is 0 Å². The van der Waals surface area contributed by atoms with Crippen LogP contribution in [-0.4, -0.2) is 43.1 Å². The first-order valence-electron chi connectivity index (χ1n) is 9.49. The third-order valence-corrected chi connectivity index (χ3v) is 4.81. The molecule has 4 rings (SSSR count). The summed E-state index contributed by atoms with van der Waals surface area (Å²) in [5.41, 5.74) is 2.08. The minimum absolute atomic E-state index is 0.0758. The van der Waals surface area contributed by atoms with Crippen molar-refractivity contribution in [1.29, 1.82) is 0 Å². The number of ether oxygens (including phenoxy) is 2. The Kier molecular flexibility index (Phi) is 5.72. The molecule has 1 atom stereocenters. The Bertz CT molecular complexity index is 961. The van der Waals surface area contributed by atoms with Crippen molar-refractivity contribution in [3.05, 3.63) is 84.3 Å². The summed E-state index contributed by atoms with van der Waals surface area (Å²) in [7, 11) is 0. The van der Waals surface area contributed by atoms with E-state index >= 15 is 0 Å². The molecule has 0 radical (unpaired) electrons. The van der Waals surface area contributed by atoms with Crippen LogP contribution in [0.3, 0.4) is 0 Å². The number of benzene rings is 2. The lowest BCUT2D eigenvalue weighted by Crippen LogP contribution is -2.44.